The Bertz CT molecular complexity index is 169. The van der Waals surface area contributed by atoms with E-state index in [1.54, 1.807) is 0 Å². The summed E-state index contributed by atoms with van der Waals surface area (Å²) in [5.41, 5.74) is 0.438. The maximum atomic E-state index is 6.44. The lowest BCUT2D eigenvalue weighted by atomic mass is 9.65. The van der Waals surface area contributed by atoms with Gasteiger partial charge >= 0.3 is 0 Å². The Morgan fingerprint density at radius 2 is 1.79 bits per heavy atom. The number of hydrogen-bond donors (Lipinski definition) is 0. The molecule has 1 aliphatic carbocycles. The molecule has 0 N–H and O–H groups in total. The summed E-state index contributed by atoms with van der Waals surface area (Å²) in [6.07, 6.45) is 6.66. The van der Waals surface area contributed by atoms with E-state index in [9.17, 15) is 0 Å². The first kappa shape index (κ1) is 12.4. The molecule has 1 rings (SSSR count). The molecule has 14 heavy (non-hydrogen) atoms. The van der Waals surface area contributed by atoms with E-state index in [1.165, 1.54) is 25.7 Å². The largest absolute Gasteiger partial charge is 0.123 e. The van der Waals surface area contributed by atoms with Crippen molar-refractivity contribution in [3.8, 4) is 0 Å². The molecule has 1 aliphatic rings. The molecule has 84 valence electrons. The third-order valence-corrected chi connectivity index (χ3v) is 4.42. The Morgan fingerprint density at radius 3 is 2.29 bits per heavy atom. The zero-order valence-corrected chi connectivity index (χ0v) is 10.9. The van der Waals surface area contributed by atoms with Crippen LogP contribution in [0.25, 0.3) is 0 Å². The molecule has 3 unspecified atom stereocenters. The van der Waals surface area contributed by atoms with Crippen molar-refractivity contribution in [1.29, 1.82) is 0 Å². The van der Waals surface area contributed by atoms with Crippen LogP contribution in [0.3, 0.4) is 0 Å². The number of hydrogen-bond acceptors (Lipinski definition) is 0. The molecule has 0 saturated heterocycles. The van der Waals surface area contributed by atoms with Gasteiger partial charge in [0.15, 0.2) is 0 Å². The van der Waals surface area contributed by atoms with Gasteiger partial charge in [-0.2, -0.15) is 0 Å². The normalized spacial score (nSPS) is 31.5. The van der Waals surface area contributed by atoms with Crippen molar-refractivity contribution >= 4 is 11.6 Å². The summed E-state index contributed by atoms with van der Waals surface area (Å²) in [6.45, 7) is 9.33. The quantitative estimate of drug-likeness (QED) is 0.579. The molecule has 0 bridgehead atoms. The van der Waals surface area contributed by atoms with Gasteiger partial charge in [-0.25, -0.2) is 0 Å². The molecule has 0 spiro atoms. The Labute approximate surface area is 94.4 Å². The van der Waals surface area contributed by atoms with E-state index in [0.717, 1.165) is 18.3 Å². The SMILES string of the molecule is CCC(Cl)C1CCCCC1C(C)(C)C. The highest BCUT2D eigenvalue weighted by Gasteiger charge is 2.36. The maximum absolute atomic E-state index is 6.44. The minimum atomic E-state index is 0.402. The minimum absolute atomic E-state index is 0.402. The lowest BCUT2D eigenvalue weighted by molar-refractivity contribution is 0.103. The van der Waals surface area contributed by atoms with E-state index in [4.69, 9.17) is 11.6 Å². The molecule has 1 heteroatoms. The molecule has 1 saturated carbocycles. The second-order valence-corrected chi connectivity index (χ2v) is 6.41. The number of alkyl halides is 1. The van der Waals surface area contributed by atoms with Gasteiger partial charge in [0.2, 0.25) is 0 Å². The lowest BCUT2D eigenvalue weighted by Crippen LogP contribution is -2.35. The molecule has 0 aromatic carbocycles. The molecular formula is C13H25Cl. The van der Waals surface area contributed by atoms with Crippen molar-refractivity contribution in [3.63, 3.8) is 0 Å². The van der Waals surface area contributed by atoms with Crippen LogP contribution >= 0.6 is 11.6 Å². The zero-order valence-electron chi connectivity index (χ0n) is 10.1. The van der Waals surface area contributed by atoms with E-state index in [2.05, 4.69) is 27.7 Å². The first-order valence-electron chi connectivity index (χ1n) is 6.11. The topological polar surface area (TPSA) is 0 Å². The average Bonchev–Trinajstić information content (AvgIpc) is 2.15. The van der Waals surface area contributed by atoms with Crippen molar-refractivity contribution in [3.05, 3.63) is 0 Å². The molecule has 0 aliphatic heterocycles. The highest BCUT2D eigenvalue weighted by atomic mass is 35.5. The van der Waals surface area contributed by atoms with Gasteiger partial charge in [-0.3, -0.25) is 0 Å². The van der Waals surface area contributed by atoms with E-state index >= 15 is 0 Å². The van der Waals surface area contributed by atoms with Gasteiger partial charge in [0.05, 0.1) is 0 Å². The van der Waals surface area contributed by atoms with Crippen LogP contribution in [0.1, 0.15) is 59.8 Å². The van der Waals surface area contributed by atoms with Gasteiger partial charge in [-0.1, -0.05) is 40.5 Å². The summed E-state index contributed by atoms with van der Waals surface area (Å²) >= 11 is 6.44. The number of rotatable bonds is 2. The highest BCUT2D eigenvalue weighted by Crippen LogP contribution is 2.44. The van der Waals surface area contributed by atoms with Crippen LogP contribution < -0.4 is 0 Å². The molecule has 0 amide bonds. The van der Waals surface area contributed by atoms with E-state index in [0.29, 0.717) is 10.8 Å². The van der Waals surface area contributed by atoms with Crippen LogP contribution in [0.5, 0.6) is 0 Å². The zero-order chi connectivity index (χ0) is 10.8. The molecular weight excluding hydrogens is 192 g/mol. The van der Waals surface area contributed by atoms with Gasteiger partial charge in [-0.05, 0) is 36.5 Å². The molecule has 0 aromatic rings. The second-order valence-electron chi connectivity index (χ2n) is 5.85. The van der Waals surface area contributed by atoms with Crippen LogP contribution in [0.4, 0.5) is 0 Å². The number of halogens is 1. The third kappa shape index (κ3) is 2.89. The second kappa shape index (κ2) is 4.88. The molecule has 3 atom stereocenters. The highest BCUT2D eigenvalue weighted by molar-refractivity contribution is 6.20. The summed E-state index contributed by atoms with van der Waals surface area (Å²) in [6, 6.07) is 0. The standard InChI is InChI=1S/C13H25Cl/c1-5-12(14)10-8-6-7-9-11(10)13(2,3)4/h10-12H,5-9H2,1-4H3. The van der Waals surface area contributed by atoms with Gasteiger partial charge in [0, 0.05) is 5.38 Å². The van der Waals surface area contributed by atoms with Gasteiger partial charge in [0.1, 0.15) is 0 Å². The summed E-state index contributed by atoms with van der Waals surface area (Å²) < 4.78 is 0. The first-order valence-corrected chi connectivity index (χ1v) is 6.54. The molecule has 0 nitrogen and oxygen atoms in total. The fourth-order valence-electron chi connectivity index (χ4n) is 2.97. The van der Waals surface area contributed by atoms with Gasteiger partial charge in [-0.15, -0.1) is 11.6 Å². The molecule has 1 fully saturated rings. The Kier molecular flexibility index (Phi) is 4.30. The van der Waals surface area contributed by atoms with Crippen LogP contribution in [-0.2, 0) is 0 Å². The predicted octanol–water partition coefficient (Wildman–Crippen LogP) is 4.86. The summed E-state index contributed by atoms with van der Waals surface area (Å²) in [4.78, 5) is 0. The Balaban J connectivity index is 2.69. The average molecular weight is 217 g/mol. The third-order valence-electron chi connectivity index (χ3n) is 3.79. The van der Waals surface area contributed by atoms with Crippen molar-refractivity contribution in [2.45, 2.75) is 65.2 Å². The van der Waals surface area contributed by atoms with Gasteiger partial charge < -0.3 is 0 Å². The van der Waals surface area contributed by atoms with Crippen LogP contribution in [0, 0.1) is 17.3 Å². The van der Waals surface area contributed by atoms with E-state index < -0.39 is 0 Å². The smallest absolute Gasteiger partial charge is 0.0364 e. The summed E-state index contributed by atoms with van der Waals surface area (Å²) in [5.74, 6) is 1.59. The fourth-order valence-corrected chi connectivity index (χ4v) is 3.27. The van der Waals surface area contributed by atoms with Crippen molar-refractivity contribution < 1.29 is 0 Å². The molecule has 0 radical (unpaired) electrons. The fraction of sp³-hybridized carbons (Fsp3) is 1.00. The van der Waals surface area contributed by atoms with E-state index in [-0.39, 0.29) is 0 Å². The van der Waals surface area contributed by atoms with E-state index in [1.807, 2.05) is 0 Å². The van der Waals surface area contributed by atoms with Crippen molar-refractivity contribution in [1.82, 2.24) is 0 Å². The first-order chi connectivity index (χ1) is 6.46. The maximum Gasteiger partial charge on any atom is 0.0364 e. The molecule has 0 aromatic heterocycles. The Hall–Kier alpha value is 0.290. The summed E-state index contributed by atoms with van der Waals surface area (Å²) in [7, 11) is 0. The van der Waals surface area contributed by atoms with Crippen LogP contribution in [0.15, 0.2) is 0 Å². The lowest BCUT2D eigenvalue weighted by Gasteiger charge is -2.42. The van der Waals surface area contributed by atoms with Crippen molar-refractivity contribution in [2.75, 3.05) is 0 Å². The van der Waals surface area contributed by atoms with Gasteiger partial charge in [0.25, 0.3) is 0 Å². The minimum Gasteiger partial charge on any atom is -0.123 e. The van der Waals surface area contributed by atoms with Crippen molar-refractivity contribution in [2.24, 2.45) is 17.3 Å². The predicted molar refractivity (Wildman–Crippen MR) is 64.8 cm³/mol. The van der Waals surface area contributed by atoms with Crippen LogP contribution in [-0.4, -0.2) is 5.38 Å². The van der Waals surface area contributed by atoms with Crippen LogP contribution in [0.2, 0.25) is 0 Å². The monoisotopic (exact) mass is 216 g/mol. The Morgan fingerprint density at radius 1 is 1.21 bits per heavy atom. The molecule has 0 heterocycles. The summed E-state index contributed by atoms with van der Waals surface area (Å²) in [5, 5.41) is 0.402.